The molecule has 2 aromatic carbocycles. The number of aromatic nitrogens is 3. The molecule has 0 saturated heterocycles. The van der Waals surface area contributed by atoms with Crippen LogP contribution in [0.15, 0.2) is 42.7 Å². The van der Waals surface area contributed by atoms with Gasteiger partial charge in [0.15, 0.2) is 0 Å². The summed E-state index contributed by atoms with van der Waals surface area (Å²) in [5.74, 6) is 0. The fourth-order valence-corrected chi connectivity index (χ4v) is 4.79. The highest BCUT2D eigenvalue weighted by Crippen LogP contribution is 2.32. The second-order valence-corrected chi connectivity index (χ2v) is 7.89. The van der Waals surface area contributed by atoms with E-state index in [1.807, 2.05) is 29.1 Å². The van der Waals surface area contributed by atoms with Gasteiger partial charge in [-0.2, -0.15) is 10.4 Å². The fraction of sp³-hybridized carbons (Fsp3) is 0.158. The molecule has 2 heterocycles. The third-order valence-electron chi connectivity index (χ3n) is 4.54. The first kappa shape index (κ1) is 16.5. The number of hydrogen-bond acceptors (Lipinski definition) is 3. The number of rotatable bonds is 3. The number of fused-ring (bicyclic) bond motifs is 2. The Bertz CT molecular complexity index is 1150. The van der Waals surface area contributed by atoms with Crippen LogP contribution in [-0.4, -0.2) is 13.8 Å². The minimum Gasteiger partial charge on any atom is -0.282 e. The van der Waals surface area contributed by atoms with Gasteiger partial charge in [0.2, 0.25) is 0 Å². The van der Waals surface area contributed by atoms with Crippen molar-refractivity contribution in [1.82, 2.24) is 13.8 Å². The highest BCUT2D eigenvalue weighted by molar-refractivity contribution is 14.2. The van der Waals surface area contributed by atoms with Crippen molar-refractivity contribution in [3.63, 3.8) is 0 Å². The van der Waals surface area contributed by atoms with Crippen LogP contribution in [0.2, 0.25) is 0 Å². The van der Waals surface area contributed by atoms with E-state index in [1.165, 1.54) is 27.6 Å². The number of nitriles is 1. The lowest BCUT2D eigenvalue weighted by Gasteiger charge is -2.11. The molecule has 0 aliphatic carbocycles. The van der Waals surface area contributed by atoms with Gasteiger partial charge < -0.3 is 0 Å². The van der Waals surface area contributed by atoms with Crippen LogP contribution in [0.1, 0.15) is 22.3 Å². The standard InChI is InChI=1S/C19H15IN4S/c1-12-7-13(2)19-16(5-6-24(19)25-20)17(12)11-23-10-15-4-3-14(9-21)8-18(15)22-23/h3-8,10H,11H2,1-2H3. The highest BCUT2D eigenvalue weighted by Gasteiger charge is 2.13. The third kappa shape index (κ3) is 2.81. The molecule has 0 atom stereocenters. The maximum Gasteiger partial charge on any atom is 0.0992 e. The molecule has 0 fully saturated rings. The van der Waals surface area contributed by atoms with Crippen molar-refractivity contribution >= 4 is 52.1 Å². The number of benzene rings is 2. The summed E-state index contributed by atoms with van der Waals surface area (Å²) in [5, 5.41) is 16.1. The Labute approximate surface area is 162 Å². The molecule has 0 aliphatic heterocycles. The second-order valence-electron chi connectivity index (χ2n) is 6.17. The van der Waals surface area contributed by atoms with Gasteiger partial charge in [-0.15, -0.1) is 0 Å². The maximum absolute atomic E-state index is 9.06. The van der Waals surface area contributed by atoms with Crippen LogP contribution < -0.4 is 0 Å². The zero-order valence-corrected chi connectivity index (χ0v) is 16.8. The summed E-state index contributed by atoms with van der Waals surface area (Å²) in [5.41, 5.74) is 6.62. The molecule has 4 nitrogen and oxygen atoms in total. The minimum atomic E-state index is 0.641. The Morgan fingerprint density at radius 3 is 2.80 bits per heavy atom. The molecule has 0 N–H and O–H groups in total. The average Bonchev–Trinajstić information content (AvgIpc) is 3.21. The number of nitrogens with zero attached hydrogens (tertiary/aromatic N) is 4. The van der Waals surface area contributed by atoms with E-state index in [0.29, 0.717) is 5.56 Å². The van der Waals surface area contributed by atoms with Gasteiger partial charge in [-0.1, -0.05) is 6.07 Å². The van der Waals surface area contributed by atoms with Gasteiger partial charge >= 0.3 is 0 Å². The smallest absolute Gasteiger partial charge is 0.0992 e. The molecule has 4 rings (SSSR count). The van der Waals surface area contributed by atoms with Crippen molar-refractivity contribution in [2.24, 2.45) is 0 Å². The number of halogens is 1. The summed E-state index contributed by atoms with van der Waals surface area (Å²) in [6.45, 7) is 5.04. The largest absolute Gasteiger partial charge is 0.282 e. The van der Waals surface area contributed by atoms with Crippen molar-refractivity contribution < 1.29 is 0 Å². The van der Waals surface area contributed by atoms with Crippen LogP contribution >= 0.6 is 30.3 Å². The summed E-state index contributed by atoms with van der Waals surface area (Å²) in [6.07, 6.45) is 4.17. The summed E-state index contributed by atoms with van der Waals surface area (Å²) in [7, 11) is 1.68. The van der Waals surface area contributed by atoms with E-state index >= 15 is 0 Å². The molecule has 0 saturated carbocycles. The quantitative estimate of drug-likeness (QED) is 0.388. The fourth-order valence-electron chi connectivity index (χ4n) is 3.38. The SMILES string of the molecule is Cc1cc(C)c2c(ccn2SI)c1Cn1cc2ccc(C#N)cc2n1. The molecule has 0 amide bonds. The van der Waals surface area contributed by atoms with Crippen LogP contribution in [0.3, 0.4) is 0 Å². The third-order valence-corrected chi connectivity index (χ3v) is 6.26. The zero-order chi connectivity index (χ0) is 17.6. The van der Waals surface area contributed by atoms with Crippen LogP contribution in [-0.2, 0) is 6.54 Å². The van der Waals surface area contributed by atoms with E-state index in [1.54, 1.807) is 9.12 Å². The Balaban J connectivity index is 1.83. The molecule has 0 radical (unpaired) electrons. The second kappa shape index (κ2) is 6.39. The lowest BCUT2D eigenvalue weighted by molar-refractivity contribution is 0.696. The van der Waals surface area contributed by atoms with E-state index in [0.717, 1.165) is 17.4 Å². The molecule has 0 unspecified atom stereocenters. The molecular formula is C19H15IN4S. The van der Waals surface area contributed by atoms with E-state index in [9.17, 15) is 0 Å². The van der Waals surface area contributed by atoms with E-state index < -0.39 is 0 Å². The van der Waals surface area contributed by atoms with Gasteiger partial charge in [0.25, 0.3) is 0 Å². The minimum absolute atomic E-state index is 0.641. The summed E-state index contributed by atoms with van der Waals surface area (Å²) < 4.78 is 4.17. The van der Waals surface area contributed by atoms with Crippen LogP contribution in [0.25, 0.3) is 21.8 Å². The van der Waals surface area contributed by atoms with Crippen LogP contribution in [0.4, 0.5) is 0 Å². The average molecular weight is 458 g/mol. The molecule has 0 spiro atoms. The van der Waals surface area contributed by atoms with Crippen LogP contribution in [0, 0.1) is 25.2 Å². The Hall–Kier alpha value is -1.98. The Morgan fingerprint density at radius 1 is 1.20 bits per heavy atom. The van der Waals surface area contributed by atoms with Crippen molar-refractivity contribution in [3.8, 4) is 6.07 Å². The monoisotopic (exact) mass is 458 g/mol. The molecule has 0 aliphatic rings. The van der Waals surface area contributed by atoms with Crippen molar-refractivity contribution in [2.75, 3.05) is 0 Å². The van der Waals surface area contributed by atoms with Crippen molar-refractivity contribution in [1.29, 1.82) is 5.26 Å². The van der Waals surface area contributed by atoms with E-state index in [2.05, 4.69) is 68.5 Å². The van der Waals surface area contributed by atoms with Gasteiger partial charge in [0.05, 0.1) is 29.2 Å². The topological polar surface area (TPSA) is 46.5 Å². The van der Waals surface area contributed by atoms with Crippen molar-refractivity contribution in [2.45, 2.75) is 20.4 Å². The zero-order valence-electron chi connectivity index (χ0n) is 13.8. The number of hydrogen-bond donors (Lipinski definition) is 0. The predicted molar refractivity (Wildman–Crippen MR) is 112 cm³/mol. The highest BCUT2D eigenvalue weighted by atomic mass is 127. The normalized spacial score (nSPS) is 11.3. The predicted octanol–water partition coefficient (Wildman–Crippen LogP) is 5.37. The molecule has 25 heavy (non-hydrogen) atoms. The summed E-state index contributed by atoms with van der Waals surface area (Å²) in [4.78, 5) is 0. The van der Waals surface area contributed by atoms with E-state index in [4.69, 9.17) is 5.26 Å². The first-order valence-electron chi connectivity index (χ1n) is 7.87. The lowest BCUT2D eigenvalue weighted by Crippen LogP contribution is -2.03. The molecule has 2 aromatic heterocycles. The maximum atomic E-state index is 9.06. The molecule has 0 bridgehead atoms. The van der Waals surface area contributed by atoms with Crippen molar-refractivity contribution in [3.05, 3.63) is 65.0 Å². The molecule has 124 valence electrons. The lowest BCUT2D eigenvalue weighted by atomic mass is 10.0. The van der Waals surface area contributed by atoms with Gasteiger partial charge in [-0.3, -0.25) is 8.65 Å². The van der Waals surface area contributed by atoms with Gasteiger partial charge in [0, 0.05) is 53.5 Å². The first-order valence-corrected chi connectivity index (χ1v) is 11.2. The molecule has 6 heteroatoms. The Morgan fingerprint density at radius 2 is 2.04 bits per heavy atom. The first-order chi connectivity index (χ1) is 12.1. The van der Waals surface area contributed by atoms with E-state index in [-0.39, 0.29) is 0 Å². The summed E-state index contributed by atoms with van der Waals surface area (Å²) in [6, 6.07) is 12.2. The Kier molecular flexibility index (Phi) is 4.21. The van der Waals surface area contributed by atoms with Gasteiger partial charge in [-0.25, -0.2) is 0 Å². The molecular weight excluding hydrogens is 443 g/mol. The summed E-state index contributed by atoms with van der Waals surface area (Å²) >= 11 is 2.31. The molecule has 4 aromatic rings. The van der Waals surface area contributed by atoms with Crippen LogP contribution in [0.5, 0.6) is 0 Å². The van der Waals surface area contributed by atoms with Gasteiger partial charge in [0.1, 0.15) is 0 Å². The number of aryl methyl sites for hydroxylation is 2. The van der Waals surface area contributed by atoms with Gasteiger partial charge in [-0.05, 0) is 54.8 Å².